The van der Waals surface area contributed by atoms with Gasteiger partial charge in [0.15, 0.2) is 0 Å². The highest BCUT2D eigenvalue weighted by Gasteiger charge is 2.32. The van der Waals surface area contributed by atoms with Crippen molar-refractivity contribution >= 4 is 17.7 Å². The predicted octanol–water partition coefficient (Wildman–Crippen LogP) is 5.60. The number of rotatable bonds is 6. The molecular weight excluding hydrogens is 542 g/mol. The zero-order valence-electron chi connectivity index (χ0n) is 21.8. The number of nitrogens with one attached hydrogen (secondary N) is 2. The molecule has 0 radical (unpaired) electrons. The molecule has 3 aromatic carbocycles. The van der Waals surface area contributed by atoms with E-state index in [9.17, 15) is 27.2 Å². The molecule has 4 aromatic rings. The summed E-state index contributed by atoms with van der Waals surface area (Å²) in [5, 5.41) is 5.55. The van der Waals surface area contributed by atoms with Gasteiger partial charge >= 0.3 is 12.2 Å². The van der Waals surface area contributed by atoms with E-state index < -0.39 is 23.6 Å². The van der Waals surface area contributed by atoms with Crippen molar-refractivity contribution in [2.75, 3.05) is 24.3 Å². The number of hydrogen-bond donors (Lipinski definition) is 2. The Morgan fingerprint density at radius 3 is 2.46 bits per heavy atom. The summed E-state index contributed by atoms with van der Waals surface area (Å²) in [6, 6.07) is 17.4. The van der Waals surface area contributed by atoms with Gasteiger partial charge in [0.25, 0.3) is 5.56 Å². The van der Waals surface area contributed by atoms with Crippen LogP contribution in [0.25, 0.3) is 5.69 Å². The number of urea groups is 1. The summed E-state index contributed by atoms with van der Waals surface area (Å²) in [4.78, 5) is 32.7. The second-order valence-corrected chi connectivity index (χ2v) is 9.37. The smallest absolute Gasteiger partial charge is 0.416 e. The number of methoxy groups -OCH3 is 1. The van der Waals surface area contributed by atoms with Gasteiger partial charge in [0, 0.05) is 25.2 Å². The van der Waals surface area contributed by atoms with Crippen molar-refractivity contribution in [3.8, 4) is 11.4 Å². The zero-order chi connectivity index (χ0) is 29.1. The van der Waals surface area contributed by atoms with E-state index in [1.165, 1.54) is 9.47 Å². The SMILES string of the molecule is COc1ccc(CNc2nc3c(c(=O)n2-c2ccccc2)CN(C(=O)Nc2cc(F)cc(C(F)(F)F)c2)CC3)cc1. The van der Waals surface area contributed by atoms with Crippen LogP contribution in [0.3, 0.4) is 0 Å². The summed E-state index contributed by atoms with van der Waals surface area (Å²) in [7, 11) is 1.58. The maximum absolute atomic E-state index is 13.8. The first-order chi connectivity index (χ1) is 19.6. The van der Waals surface area contributed by atoms with Crippen LogP contribution in [-0.4, -0.2) is 34.1 Å². The van der Waals surface area contributed by atoms with Crippen molar-refractivity contribution in [2.24, 2.45) is 0 Å². The summed E-state index contributed by atoms with van der Waals surface area (Å²) in [5.74, 6) is -0.0922. The number of fused-ring (bicyclic) bond motifs is 1. The quantitative estimate of drug-likeness (QED) is 0.296. The molecule has 0 saturated heterocycles. The number of aromatic nitrogens is 2. The lowest BCUT2D eigenvalue weighted by Crippen LogP contribution is -2.43. The highest BCUT2D eigenvalue weighted by atomic mass is 19.4. The summed E-state index contributed by atoms with van der Waals surface area (Å²) < 4.78 is 59.7. The first kappa shape index (κ1) is 27.7. The Morgan fingerprint density at radius 2 is 1.78 bits per heavy atom. The standard InChI is InChI=1S/C29H25F4N5O3/c1-41-23-9-7-18(8-10-23)16-34-27-36-25-11-12-37(17-24(25)26(39)38(27)22-5-3-2-4-6-22)28(40)35-21-14-19(29(31,32)33)13-20(30)15-21/h2-10,13-15H,11-12,16-17H2,1H3,(H,34,36)(H,35,40). The zero-order valence-corrected chi connectivity index (χ0v) is 21.8. The Balaban J connectivity index is 1.42. The number of amides is 2. The Kier molecular flexibility index (Phi) is 7.64. The van der Waals surface area contributed by atoms with E-state index in [0.29, 0.717) is 41.8 Å². The highest BCUT2D eigenvalue weighted by Crippen LogP contribution is 2.32. The topological polar surface area (TPSA) is 88.5 Å². The molecule has 0 bridgehead atoms. The van der Waals surface area contributed by atoms with Gasteiger partial charge < -0.3 is 20.3 Å². The molecule has 0 spiro atoms. The Morgan fingerprint density at radius 1 is 1.05 bits per heavy atom. The monoisotopic (exact) mass is 567 g/mol. The molecule has 12 heteroatoms. The van der Waals surface area contributed by atoms with E-state index in [-0.39, 0.29) is 36.3 Å². The molecule has 2 amide bonds. The molecule has 1 aliphatic rings. The molecule has 5 rings (SSSR count). The minimum absolute atomic E-state index is 0.125. The molecule has 0 aliphatic carbocycles. The minimum Gasteiger partial charge on any atom is -0.497 e. The normalized spacial score (nSPS) is 13.0. The molecule has 8 nitrogen and oxygen atoms in total. The van der Waals surface area contributed by atoms with E-state index >= 15 is 0 Å². The van der Waals surface area contributed by atoms with Gasteiger partial charge in [0.2, 0.25) is 5.95 Å². The van der Waals surface area contributed by atoms with Crippen LogP contribution in [0.5, 0.6) is 5.75 Å². The van der Waals surface area contributed by atoms with Gasteiger partial charge in [-0.25, -0.2) is 18.7 Å². The maximum atomic E-state index is 13.8. The fourth-order valence-corrected chi connectivity index (χ4v) is 4.54. The molecule has 41 heavy (non-hydrogen) atoms. The van der Waals surface area contributed by atoms with Crippen LogP contribution in [0, 0.1) is 5.82 Å². The van der Waals surface area contributed by atoms with Crippen molar-refractivity contribution in [3.63, 3.8) is 0 Å². The van der Waals surface area contributed by atoms with Gasteiger partial charge in [-0.2, -0.15) is 13.2 Å². The van der Waals surface area contributed by atoms with E-state index in [1.807, 2.05) is 30.3 Å². The van der Waals surface area contributed by atoms with Crippen molar-refractivity contribution in [1.82, 2.24) is 14.5 Å². The first-order valence-corrected chi connectivity index (χ1v) is 12.6. The third kappa shape index (κ3) is 6.16. The number of ether oxygens (including phenoxy) is 1. The Labute approximate surface area is 232 Å². The minimum atomic E-state index is -4.78. The lowest BCUT2D eigenvalue weighted by atomic mass is 10.1. The maximum Gasteiger partial charge on any atom is 0.416 e. The van der Waals surface area contributed by atoms with Gasteiger partial charge in [-0.05, 0) is 48.0 Å². The van der Waals surface area contributed by atoms with Gasteiger partial charge in [0.1, 0.15) is 11.6 Å². The van der Waals surface area contributed by atoms with Crippen LogP contribution in [-0.2, 0) is 25.7 Å². The number of benzene rings is 3. The number of nitrogens with zero attached hydrogens (tertiary/aromatic N) is 3. The summed E-state index contributed by atoms with van der Waals surface area (Å²) in [6.45, 7) is 0.407. The summed E-state index contributed by atoms with van der Waals surface area (Å²) in [6.07, 6.45) is -4.54. The van der Waals surface area contributed by atoms with Gasteiger partial charge in [0.05, 0.1) is 36.2 Å². The third-order valence-corrected chi connectivity index (χ3v) is 6.62. The molecule has 1 aliphatic heterocycles. The molecule has 0 saturated carbocycles. The number of carbonyl (C=O) groups is 1. The van der Waals surface area contributed by atoms with E-state index in [2.05, 4.69) is 10.6 Å². The third-order valence-electron chi connectivity index (χ3n) is 6.62. The summed E-state index contributed by atoms with van der Waals surface area (Å²) in [5.41, 5.74) is 0.333. The predicted molar refractivity (Wildman–Crippen MR) is 145 cm³/mol. The van der Waals surface area contributed by atoms with Gasteiger partial charge in [-0.15, -0.1) is 0 Å². The van der Waals surface area contributed by atoms with Crippen LogP contribution < -0.4 is 20.9 Å². The molecule has 2 N–H and O–H groups in total. The van der Waals surface area contributed by atoms with Crippen LogP contribution in [0.2, 0.25) is 0 Å². The first-order valence-electron chi connectivity index (χ1n) is 12.6. The largest absolute Gasteiger partial charge is 0.497 e. The molecular formula is C29H25F4N5O3. The number of alkyl halides is 3. The lowest BCUT2D eigenvalue weighted by molar-refractivity contribution is -0.137. The Hall–Kier alpha value is -4.87. The number of halogens is 4. The number of carbonyl (C=O) groups excluding carboxylic acids is 1. The summed E-state index contributed by atoms with van der Waals surface area (Å²) >= 11 is 0. The van der Waals surface area contributed by atoms with Crippen LogP contribution in [0.4, 0.5) is 34.0 Å². The molecule has 0 fully saturated rings. The van der Waals surface area contributed by atoms with Crippen molar-refractivity contribution in [3.05, 3.63) is 111 Å². The average molecular weight is 568 g/mol. The van der Waals surface area contributed by atoms with E-state index in [1.54, 1.807) is 31.4 Å². The molecule has 1 aromatic heterocycles. The van der Waals surface area contributed by atoms with Crippen LogP contribution in [0.15, 0.2) is 77.6 Å². The fourth-order valence-electron chi connectivity index (χ4n) is 4.54. The molecule has 2 heterocycles. The molecule has 0 atom stereocenters. The second-order valence-electron chi connectivity index (χ2n) is 9.37. The molecule has 0 unspecified atom stereocenters. The lowest BCUT2D eigenvalue weighted by Gasteiger charge is -2.29. The average Bonchev–Trinajstić information content (AvgIpc) is 2.96. The number of hydrogen-bond acceptors (Lipinski definition) is 5. The number of para-hydroxylation sites is 1. The van der Waals surface area contributed by atoms with Gasteiger partial charge in [-0.3, -0.25) is 4.79 Å². The van der Waals surface area contributed by atoms with Crippen molar-refractivity contribution in [1.29, 1.82) is 0 Å². The fraction of sp³-hybridized carbons (Fsp3) is 0.207. The van der Waals surface area contributed by atoms with Crippen LogP contribution in [0.1, 0.15) is 22.4 Å². The Bertz CT molecular complexity index is 1620. The van der Waals surface area contributed by atoms with Gasteiger partial charge in [-0.1, -0.05) is 30.3 Å². The van der Waals surface area contributed by atoms with Crippen LogP contribution >= 0.6 is 0 Å². The van der Waals surface area contributed by atoms with E-state index in [4.69, 9.17) is 9.72 Å². The second kappa shape index (κ2) is 11.3. The van der Waals surface area contributed by atoms with Crippen molar-refractivity contribution in [2.45, 2.75) is 25.7 Å². The number of anilines is 2. The van der Waals surface area contributed by atoms with E-state index in [0.717, 1.165) is 11.6 Å². The van der Waals surface area contributed by atoms with Crippen molar-refractivity contribution < 1.29 is 27.1 Å². The highest BCUT2D eigenvalue weighted by molar-refractivity contribution is 5.89. The molecule has 212 valence electrons.